The van der Waals surface area contributed by atoms with E-state index in [2.05, 4.69) is 40.4 Å². The summed E-state index contributed by atoms with van der Waals surface area (Å²) in [6, 6.07) is 8.27. The monoisotopic (exact) mass is 283 g/mol. The second-order valence-electron chi connectivity index (χ2n) is 5.35. The van der Waals surface area contributed by atoms with Crippen molar-refractivity contribution < 1.29 is 0 Å². The highest BCUT2D eigenvalue weighted by Crippen LogP contribution is 2.15. The Hall–Kier alpha value is -2.14. The minimum Gasteiger partial charge on any atom is -0.341 e. The average molecular weight is 283 g/mol. The number of benzene rings is 1. The fraction of sp³-hybridized carbons (Fsp3) is 0.375. The van der Waals surface area contributed by atoms with Crippen LogP contribution in [0.3, 0.4) is 0 Å². The van der Waals surface area contributed by atoms with Gasteiger partial charge in [0.25, 0.3) is 0 Å². The van der Waals surface area contributed by atoms with E-state index in [9.17, 15) is 0 Å². The van der Waals surface area contributed by atoms with Crippen molar-refractivity contribution >= 4 is 11.0 Å². The zero-order valence-corrected chi connectivity index (χ0v) is 12.5. The van der Waals surface area contributed by atoms with E-state index < -0.39 is 0 Å². The van der Waals surface area contributed by atoms with Crippen LogP contribution in [0.1, 0.15) is 37.7 Å². The second kappa shape index (κ2) is 6.10. The zero-order valence-electron chi connectivity index (χ0n) is 12.5. The van der Waals surface area contributed by atoms with Crippen molar-refractivity contribution in [3.63, 3.8) is 0 Å². The Morgan fingerprint density at radius 3 is 3.00 bits per heavy atom. The Bertz CT molecular complexity index is 679. The molecule has 3 rings (SSSR count). The highest BCUT2D eigenvalue weighted by Gasteiger charge is 2.10. The van der Waals surface area contributed by atoms with Crippen LogP contribution in [0.2, 0.25) is 0 Å². The molecule has 5 nitrogen and oxygen atoms in total. The summed E-state index contributed by atoms with van der Waals surface area (Å²) in [5, 5.41) is 7.83. The van der Waals surface area contributed by atoms with E-state index in [1.54, 1.807) is 0 Å². The van der Waals surface area contributed by atoms with Gasteiger partial charge in [-0.1, -0.05) is 19.1 Å². The van der Waals surface area contributed by atoms with Gasteiger partial charge < -0.3 is 10.3 Å². The van der Waals surface area contributed by atoms with Crippen molar-refractivity contribution in [2.45, 2.75) is 39.4 Å². The molecule has 3 aromatic rings. The summed E-state index contributed by atoms with van der Waals surface area (Å²) >= 11 is 0. The van der Waals surface area contributed by atoms with Crippen molar-refractivity contribution in [2.24, 2.45) is 0 Å². The van der Waals surface area contributed by atoms with Crippen LogP contribution in [0, 0.1) is 0 Å². The molecule has 0 aliphatic carbocycles. The normalized spacial score (nSPS) is 12.9. The predicted octanol–water partition coefficient (Wildman–Crippen LogP) is 3.02. The zero-order chi connectivity index (χ0) is 14.7. The first kappa shape index (κ1) is 13.8. The molecule has 0 bridgehead atoms. The van der Waals surface area contributed by atoms with Crippen LogP contribution in [-0.2, 0) is 13.1 Å². The van der Waals surface area contributed by atoms with E-state index >= 15 is 0 Å². The minimum absolute atomic E-state index is 0.173. The first-order valence-electron chi connectivity index (χ1n) is 7.45. The Morgan fingerprint density at radius 2 is 2.19 bits per heavy atom. The first-order chi connectivity index (χ1) is 10.3. The number of rotatable bonds is 6. The highest BCUT2D eigenvalue weighted by atomic mass is 15.3. The SMILES string of the molecule is CCCn1cc(CNC(C)c2nc3ccccc3[nH]2)cn1. The number of aryl methyl sites for hydroxylation is 1. The molecule has 0 amide bonds. The topological polar surface area (TPSA) is 58.5 Å². The van der Waals surface area contributed by atoms with Gasteiger partial charge in [-0.3, -0.25) is 4.68 Å². The van der Waals surface area contributed by atoms with Gasteiger partial charge >= 0.3 is 0 Å². The predicted molar refractivity (Wildman–Crippen MR) is 83.9 cm³/mol. The van der Waals surface area contributed by atoms with E-state index in [1.165, 1.54) is 5.56 Å². The lowest BCUT2D eigenvalue weighted by Gasteiger charge is -2.09. The maximum absolute atomic E-state index is 4.62. The first-order valence-corrected chi connectivity index (χ1v) is 7.45. The summed E-state index contributed by atoms with van der Waals surface area (Å²) in [7, 11) is 0. The third-order valence-corrected chi connectivity index (χ3v) is 3.57. The van der Waals surface area contributed by atoms with Crippen LogP contribution >= 0.6 is 0 Å². The standard InChI is InChI=1S/C16H21N5/c1-3-8-21-11-13(10-18-21)9-17-12(2)16-19-14-6-4-5-7-15(14)20-16/h4-7,10-12,17H,3,8-9H2,1-2H3,(H,19,20). The molecule has 1 unspecified atom stereocenters. The highest BCUT2D eigenvalue weighted by molar-refractivity contribution is 5.74. The molecule has 0 saturated heterocycles. The van der Waals surface area contributed by atoms with Crippen LogP contribution in [0.15, 0.2) is 36.7 Å². The average Bonchev–Trinajstić information content (AvgIpc) is 3.11. The quantitative estimate of drug-likeness (QED) is 0.731. The minimum atomic E-state index is 0.173. The number of aromatic amines is 1. The summed E-state index contributed by atoms with van der Waals surface area (Å²) in [6.45, 7) is 6.04. The van der Waals surface area contributed by atoms with E-state index in [4.69, 9.17) is 0 Å². The van der Waals surface area contributed by atoms with Gasteiger partial charge in [0.05, 0.1) is 23.3 Å². The lowest BCUT2D eigenvalue weighted by Crippen LogP contribution is -2.18. The lowest BCUT2D eigenvalue weighted by atomic mass is 10.3. The van der Waals surface area contributed by atoms with E-state index in [0.717, 1.165) is 36.4 Å². The molecule has 0 aliphatic rings. The van der Waals surface area contributed by atoms with Gasteiger partial charge in [0.1, 0.15) is 5.82 Å². The number of fused-ring (bicyclic) bond motifs is 1. The van der Waals surface area contributed by atoms with Crippen molar-refractivity contribution in [1.29, 1.82) is 0 Å². The molecule has 1 aromatic carbocycles. The number of imidazole rings is 1. The van der Waals surface area contributed by atoms with Crippen molar-refractivity contribution in [3.8, 4) is 0 Å². The van der Waals surface area contributed by atoms with Crippen LogP contribution in [0.25, 0.3) is 11.0 Å². The molecule has 0 saturated carbocycles. The summed E-state index contributed by atoms with van der Waals surface area (Å²) in [6.07, 6.45) is 5.12. The summed E-state index contributed by atoms with van der Waals surface area (Å²) in [5.74, 6) is 0.970. The van der Waals surface area contributed by atoms with Crippen LogP contribution in [0.5, 0.6) is 0 Å². The van der Waals surface area contributed by atoms with Gasteiger partial charge in [-0.15, -0.1) is 0 Å². The number of H-pyrrole nitrogens is 1. The number of nitrogens with one attached hydrogen (secondary N) is 2. The van der Waals surface area contributed by atoms with Gasteiger partial charge in [-0.25, -0.2) is 4.98 Å². The van der Waals surface area contributed by atoms with Crippen molar-refractivity contribution in [2.75, 3.05) is 0 Å². The largest absolute Gasteiger partial charge is 0.341 e. The van der Waals surface area contributed by atoms with Crippen LogP contribution in [-0.4, -0.2) is 19.7 Å². The number of hydrogen-bond donors (Lipinski definition) is 2. The van der Waals surface area contributed by atoms with Crippen LogP contribution in [0.4, 0.5) is 0 Å². The number of aromatic nitrogens is 4. The lowest BCUT2D eigenvalue weighted by molar-refractivity contribution is 0.551. The fourth-order valence-corrected chi connectivity index (χ4v) is 2.39. The molecule has 0 fully saturated rings. The second-order valence-corrected chi connectivity index (χ2v) is 5.35. The Balaban J connectivity index is 1.63. The maximum Gasteiger partial charge on any atom is 0.124 e. The van der Waals surface area contributed by atoms with Crippen molar-refractivity contribution in [3.05, 3.63) is 48.0 Å². The smallest absolute Gasteiger partial charge is 0.124 e. The number of hydrogen-bond acceptors (Lipinski definition) is 3. The van der Waals surface area contributed by atoms with E-state index in [1.807, 2.05) is 35.1 Å². The molecule has 5 heteroatoms. The Kier molecular flexibility index (Phi) is 4.01. The van der Waals surface area contributed by atoms with Crippen LogP contribution < -0.4 is 5.32 Å². The fourth-order valence-electron chi connectivity index (χ4n) is 2.39. The molecular formula is C16H21N5. The van der Waals surface area contributed by atoms with Gasteiger partial charge in [0.2, 0.25) is 0 Å². The molecule has 110 valence electrons. The molecule has 21 heavy (non-hydrogen) atoms. The van der Waals surface area contributed by atoms with Gasteiger partial charge in [0, 0.05) is 24.8 Å². The number of para-hydroxylation sites is 2. The molecule has 2 aromatic heterocycles. The van der Waals surface area contributed by atoms with E-state index in [-0.39, 0.29) is 6.04 Å². The molecule has 0 radical (unpaired) electrons. The molecule has 0 spiro atoms. The molecule has 2 heterocycles. The summed E-state index contributed by atoms with van der Waals surface area (Å²) in [4.78, 5) is 7.98. The Morgan fingerprint density at radius 1 is 1.33 bits per heavy atom. The summed E-state index contributed by atoms with van der Waals surface area (Å²) < 4.78 is 1.99. The molecule has 0 aliphatic heterocycles. The van der Waals surface area contributed by atoms with E-state index in [0.29, 0.717) is 0 Å². The maximum atomic E-state index is 4.62. The molecular weight excluding hydrogens is 262 g/mol. The summed E-state index contributed by atoms with van der Waals surface area (Å²) in [5.41, 5.74) is 3.29. The van der Waals surface area contributed by atoms with Crippen molar-refractivity contribution in [1.82, 2.24) is 25.1 Å². The number of nitrogens with zero attached hydrogens (tertiary/aromatic N) is 3. The van der Waals surface area contributed by atoms with Gasteiger partial charge in [0.15, 0.2) is 0 Å². The van der Waals surface area contributed by atoms with Gasteiger partial charge in [-0.05, 0) is 25.5 Å². The molecule has 2 N–H and O–H groups in total. The van der Waals surface area contributed by atoms with Gasteiger partial charge in [-0.2, -0.15) is 5.10 Å². The Labute approximate surface area is 124 Å². The molecule has 1 atom stereocenters. The third kappa shape index (κ3) is 3.13. The third-order valence-electron chi connectivity index (χ3n) is 3.57.